The monoisotopic (exact) mass is 440 g/mol. The summed E-state index contributed by atoms with van der Waals surface area (Å²) in [6, 6.07) is 3.01. The number of carboxylic acid groups (broad SMARTS) is 1. The molecule has 1 aromatic rings. The first-order valence-corrected chi connectivity index (χ1v) is 10.7. The van der Waals surface area contributed by atoms with Crippen molar-refractivity contribution in [3.63, 3.8) is 0 Å². The molecule has 1 aromatic carbocycles. The molecule has 0 radical (unpaired) electrons. The zero-order chi connectivity index (χ0) is 22.7. The minimum Gasteiger partial charge on any atom is -0.508 e. The number of aliphatic carboxylic acids is 1. The molecule has 166 valence electrons. The quantitative estimate of drug-likeness (QED) is 0.233. The van der Waals surface area contributed by atoms with Crippen LogP contribution in [0.4, 0.5) is 0 Å². The third-order valence-corrected chi connectivity index (χ3v) is 4.91. The number of amides is 3. The van der Waals surface area contributed by atoms with Gasteiger partial charge in [0.05, 0.1) is 6.04 Å². The van der Waals surface area contributed by atoms with Gasteiger partial charge in [-0.1, -0.05) is 12.1 Å². The van der Waals surface area contributed by atoms with E-state index in [1.807, 2.05) is 6.26 Å². The molecule has 0 heterocycles. The van der Waals surface area contributed by atoms with Gasteiger partial charge < -0.3 is 32.3 Å². The van der Waals surface area contributed by atoms with Gasteiger partial charge in [0.2, 0.25) is 17.7 Å². The molecule has 30 heavy (non-hydrogen) atoms. The fraction of sp³-hybridized carbons (Fsp3) is 0.474. The molecule has 0 saturated heterocycles. The second kappa shape index (κ2) is 12.7. The first-order valence-electron chi connectivity index (χ1n) is 9.28. The van der Waals surface area contributed by atoms with Crippen LogP contribution in [-0.2, 0) is 25.6 Å². The molecule has 0 saturated carbocycles. The maximum atomic E-state index is 12.6. The van der Waals surface area contributed by atoms with Crippen LogP contribution in [-0.4, -0.2) is 64.0 Å². The summed E-state index contributed by atoms with van der Waals surface area (Å²) in [6.07, 6.45) is 1.95. The van der Waals surface area contributed by atoms with Gasteiger partial charge in [0.15, 0.2) is 0 Å². The predicted molar refractivity (Wildman–Crippen MR) is 113 cm³/mol. The van der Waals surface area contributed by atoms with Crippen molar-refractivity contribution in [2.75, 3.05) is 12.0 Å². The number of hydrogen-bond acceptors (Lipinski definition) is 7. The van der Waals surface area contributed by atoms with Crippen molar-refractivity contribution < 1.29 is 29.4 Å². The summed E-state index contributed by atoms with van der Waals surface area (Å²) in [7, 11) is 0. The van der Waals surface area contributed by atoms with Crippen molar-refractivity contribution in [2.45, 2.75) is 43.8 Å². The number of carbonyl (C=O) groups is 4. The van der Waals surface area contributed by atoms with Gasteiger partial charge in [0.25, 0.3) is 0 Å². The highest BCUT2D eigenvalue weighted by molar-refractivity contribution is 7.98. The Kier molecular flexibility index (Phi) is 10.7. The van der Waals surface area contributed by atoms with E-state index in [2.05, 4.69) is 10.6 Å². The first-order chi connectivity index (χ1) is 14.1. The Morgan fingerprint density at radius 3 is 2.17 bits per heavy atom. The Hall–Kier alpha value is -2.79. The number of hydrogen-bond donors (Lipinski definition) is 6. The lowest BCUT2D eigenvalue weighted by molar-refractivity contribution is -0.142. The third kappa shape index (κ3) is 9.14. The normalized spacial score (nSPS) is 13.7. The largest absolute Gasteiger partial charge is 0.508 e. The van der Waals surface area contributed by atoms with Crippen molar-refractivity contribution in [3.8, 4) is 5.75 Å². The molecule has 0 unspecified atom stereocenters. The van der Waals surface area contributed by atoms with Gasteiger partial charge >= 0.3 is 5.97 Å². The summed E-state index contributed by atoms with van der Waals surface area (Å²) in [5, 5.41) is 23.5. The van der Waals surface area contributed by atoms with Gasteiger partial charge in [-0.05, 0) is 49.0 Å². The molecule has 0 aromatic heterocycles. The average Bonchev–Trinajstić information content (AvgIpc) is 2.69. The van der Waals surface area contributed by atoms with Crippen molar-refractivity contribution in [2.24, 2.45) is 11.5 Å². The lowest BCUT2D eigenvalue weighted by atomic mass is 10.0. The van der Waals surface area contributed by atoms with Gasteiger partial charge in [0, 0.05) is 6.42 Å². The third-order valence-electron chi connectivity index (χ3n) is 4.27. The highest BCUT2D eigenvalue weighted by Gasteiger charge is 2.28. The number of carbonyl (C=O) groups excluding carboxylic acids is 3. The van der Waals surface area contributed by atoms with Crippen molar-refractivity contribution in [1.29, 1.82) is 0 Å². The molecule has 1 rings (SSSR count). The van der Waals surface area contributed by atoms with Crippen LogP contribution in [0.5, 0.6) is 5.75 Å². The number of nitrogens with one attached hydrogen (secondary N) is 2. The summed E-state index contributed by atoms with van der Waals surface area (Å²) in [5.41, 5.74) is 11.7. The molecule has 0 bridgehead atoms. The average molecular weight is 441 g/mol. The number of primary amides is 1. The van der Waals surface area contributed by atoms with Gasteiger partial charge in [-0.3, -0.25) is 14.4 Å². The summed E-state index contributed by atoms with van der Waals surface area (Å²) >= 11 is 1.46. The van der Waals surface area contributed by atoms with Crippen LogP contribution in [0.15, 0.2) is 24.3 Å². The van der Waals surface area contributed by atoms with Crippen molar-refractivity contribution in [3.05, 3.63) is 29.8 Å². The molecule has 0 fully saturated rings. The van der Waals surface area contributed by atoms with E-state index >= 15 is 0 Å². The molecular formula is C19H28N4O6S. The Morgan fingerprint density at radius 2 is 1.63 bits per heavy atom. The Balaban J connectivity index is 2.76. The predicted octanol–water partition coefficient (Wildman–Crippen LogP) is -0.665. The van der Waals surface area contributed by atoms with Crippen LogP contribution in [0, 0.1) is 0 Å². The zero-order valence-electron chi connectivity index (χ0n) is 16.7. The van der Waals surface area contributed by atoms with Gasteiger partial charge in [0.1, 0.15) is 17.8 Å². The fourth-order valence-corrected chi connectivity index (χ4v) is 3.05. The van der Waals surface area contributed by atoms with Gasteiger partial charge in [-0.15, -0.1) is 0 Å². The van der Waals surface area contributed by atoms with E-state index < -0.39 is 41.8 Å². The standard InChI is InChI=1S/C19H28N4O6S/c1-30-9-8-14(18(27)23-15(19(28)29)6-7-16(21)25)22-17(26)13(20)10-11-2-4-12(24)5-3-11/h2-5,13-15,24H,6-10,20H2,1H3,(H2,21,25)(H,22,26)(H,23,27)(H,28,29)/t13-,14-,15-/m0/s1. The van der Waals surface area contributed by atoms with Gasteiger partial charge in [-0.25, -0.2) is 4.79 Å². The van der Waals surface area contributed by atoms with E-state index in [0.717, 1.165) is 5.56 Å². The van der Waals surface area contributed by atoms with E-state index in [4.69, 9.17) is 11.5 Å². The highest BCUT2D eigenvalue weighted by Crippen LogP contribution is 2.11. The van der Waals surface area contributed by atoms with E-state index in [-0.39, 0.29) is 31.4 Å². The summed E-state index contributed by atoms with van der Waals surface area (Å²) < 4.78 is 0. The lowest BCUT2D eigenvalue weighted by Gasteiger charge is -2.22. The number of thioether (sulfide) groups is 1. The molecule has 8 N–H and O–H groups in total. The minimum atomic E-state index is -1.30. The van der Waals surface area contributed by atoms with E-state index in [1.54, 1.807) is 12.1 Å². The molecule has 3 amide bonds. The SMILES string of the molecule is CSCC[C@H](NC(=O)[C@@H](N)Cc1ccc(O)cc1)C(=O)N[C@@H](CCC(N)=O)C(=O)O. The Morgan fingerprint density at radius 1 is 1.03 bits per heavy atom. The Bertz CT molecular complexity index is 743. The molecule has 3 atom stereocenters. The molecule has 11 heteroatoms. The van der Waals surface area contributed by atoms with Crippen molar-refractivity contribution >= 4 is 35.5 Å². The molecule has 0 aliphatic heterocycles. The number of nitrogens with two attached hydrogens (primary N) is 2. The highest BCUT2D eigenvalue weighted by atomic mass is 32.2. The molecule has 0 aliphatic carbocycles. The maximum Gasteiger partial charge on any atom is 0.326 e. The smallest absolute Gasteiger partial charge is 0.326 e. The number of rotatable bonds is 13. The number of benzene rings is 1. The summed E-state index contributed by atoms with van der Waals surface area (Å²) in [6.45, 7) is 0. The molecule has 0 spiro atoms. The first kappa shape index (κ1) is 25.2. The maximum absolute atomic E-state index is 12.6. The van der Waals surface area contributed by atoms with Crippen LogP contribution in [0.25, 0.3) is 0 Å². The number of phenols is 1. The van der Waals surface area contributed by atoms with Crippen molar-refractivity contribution in [1.82, 2.24) is 10.6 Å². The van der Waals surface area contributed by atoms with E-state index in [0.29, 0.717) is 5.75 Å². The summed E-state index contributed by atoms with van der Waals surface area (Å²) in [5.74, 6) is -2.58. The van der Waals surface area contributed by atoms with E-state index in [9.17, 15) is 29.4 Å². The van der Waals surface area contributed by atoms with Gasteiger partial charge in [-0.2, -0.15) is 11.8 Å². The topological polar surface area (TPSA) is 185 Å². The second-order valence-corrected chi connectivity index (χ2v) is 7.71. The fourth-order valence-electron chi connectivity index (χ4n) is 2.58. The Labute approximate surface area is 178 Å². The lowest BCUT2D eigenvalue weighted by Crippen LogP contribution is -2.55. The van der Waals surface area contributed by atoms with Crippen LogP contribution in [0.2, 0.25) is 0 Å². The van der Waals surface area contributed by atoms with Crippen LogP contribution in [0.1, 0.15) is 24.8 Å². The van der Waals surface area contributed by atoms with Crippen LogP contribution < -0.4 is 22.1 Å². The van der Waals surface area contributed by atoms with E-state index in [1.165, 1.54) is 23.9 Å². The number of carboxylic acids is 1. The van der Waals surface area contributed by atoms with Crippen LogP contribution in [0.3, 0.4) is 0 Å². The second-order valence-electron chi connectivity index (χ2n) is 6.72. The molecule has 0 aliphatic rings. The van der Waals surface area contributed by atoms with Crippen LogP contribution >= 0.6 is 11.8 Å². The number of phenolic OH excluding ortho intramolecular Hbond substituents is 1. The minimum absolute atomic E-state index is 0.0925. The molecular weight excluding hydrogens is 412 g/mol. The summed E-state index contributed by atoms with van der Waals surface area (Å²) in [4.78, 5) is 47.3. The number of aromatic hydroxyl groups is 1. The molecule has 10 nitrogen and oxygen atoms in total. The zero-order valence-corrected chi connectivity index (χ0v) is 17.5.